The van der Waals surface area contributed by atoms with Crippen LogP contribution in [0.1, 0.15) is 10.4 Å². The number of aromatic carboxylic acids is 1. The average Bonchev–Trinajstić information content (AvgIpc) is 2.71. The van der Waals surface area contributed by atoms with E-state index >= 15 is 0 Å². The largest absolute Gasteiger partial charge is 0.495 e. The minimum Gasteiger partial charge on any atom is -0.495 e. The molecule has 0 aliphatic heterocycles. The van der Waals surface area contributed by atoms with Crippen LogP contribution >= 0.6 is 0 Å². The molecule has 2 aromatic heterocycles. The number of aryl methyl sites for hydroxylation is 1. The summed E-state index contributed by atoms with van der Waals surface area (Å²) in [5, 5.41) is 13.0. The average molecular weight is 233 g/mol. The number of aromatic nitrogens is 3. The Morgan fingerprint density at radius 1 is 1.41 bits per heavy atom. The van der Waals surface area contributed by atoms with E-state index in [4.69, 9.17) is 9.84 Å². The van der Waals surface area contributed by atoms with Crippen LogP contribution in [0, 0.1) is 0 Å². The second-order valence-corrected chi connectivity index (χ2v) is 3.45. The summed E-state index contributed by atoms with van der Waals surface area (Å²) < 4.78 is 6.55. The van der Waals surface area contributed by atoms with Gasteiger partial charge in [0.2, 0.25) is 0 Å². The fourth-order valence-corrected chi connectivity index (χ4v) is 1.60. The van der Waals surface area contributed by atoms with Gasteiger partial charge in [0.1, 0.15) is 11.3 Å². The van der Waals surface area contributed by atoms with Crippen LogP contribution in [0.3, 0.4) is 0 Å². The summed E-state index contributed by atoms with van der Waals surface area (Å²) >= 11 is 0. The number of hydrogen-bond donors (Lipinski definition) is 1. The van der Waals surface area contributed by atoms with Gasteiger partial charge in [-0.3, -0.25) is 9.67 Å². The summed E-state index contributed by atoms with van der Waals surface area (Å²) in [4.78, 5) is 15.1. The maximum Gasteiger partial charge on any atom is 0.339 e. The lowest BCUT2D eigenvalue weighted by Crippen LogP contribution is -2.01. The first-order chi connectivity index (χ1) is 8.13. The Balaban J connectivity index is 2.59. The summed E-state index contributed by atoms with van der Waals surface area (Å²) in [6, 6.07) is 1.72. The van der Waals surface area contributed by atoms with Crippen molar-refractivity contribution in [2.24, 2.45) is 7.05 Å². The van der Waals surface area contributed by atoms with Gasteiger partial charge in [-0.15, -0.1) is 0 Å². The van der Waals surface area contributed by atoms with Gasteiger partial charge in [-0.25, -0.2) is 4.79 Å². The van der Waals surface area contributed by atoms with Crippen LogP contribution in [-0.4, -0.2) is 33.0 Å². The van der Waals surface area contributed by atoms with E-state index in [1.807, 2.05) is 0 Å². The minimum absolute atomic E-state index is 0.141. The number of rotatable bonds is 3. The van der Waals surface area contributed by atoms with Crippen molar-refractivity contribution in [3.63, 3.8) is 0 Å². The highest BCUT2D eigenvalue weighted by molar-refractivity contribution is 5.94. The number of methoxy groups -OCH3 is 1. The van der Waals surface area contributed by atoms with Crippen molar-refractivity contribution < 1.29 is 14.6 Å². The number of carbonyl (C=O) groups is 1. The first-order valence-corrected chi connectivity index (χ1v) is 4.88. The maximum atomic E-state index is 11.1. The molecule has 2 heterocycles. The predicted molar refractivity (Wildman–Crippen MR) is 60.0 cm³/mol. The SMILES string of the molecule is COc1cncc(-c2c(C(=O)O)cnn2C)c1. The van der Waals surface area contributed by atoms with Gasteiger partial charge in [-0.2, -0.15) is 5.10 Å². The van der Waals surface area contributed by atoms with Crippen LogP contribution in [-0.2, 0) is 7.05 Å². The Hall–Kier alpha value is -2.37. The van der Waals surface area contributed by atoms with Crippen LogP contribution in [0.25, 0.3) is 11.3 Å². The third-order valence-corrected chi connectivity index (χ3v) is 2.39. The molecule has 0 aromatic carbocycles. The Kier molecular flexibility index (Phi) is 2.78. The molecule has 2 aromatic rings. The maximum absolute atomic E-state index is 11.1. The van der Waals surface area contributed by atoms with Crippen LogP contribution < -0.4 is 4.74 Å². The van der Waals surface area contributed by atoms with Crippen molar-refractivity contribution in [3.05, 3.63) is 30.2 Å². The Bertz CT molecular complexity index is 563. The number of pyridine rings is 1. The number of carboxylic acid groups (broad SMARTS) is 1. The third kappa shape index (κ3) is 1.96. The smallest absolute Gasteiger partial charge is 0.339 e. The van der Waals surface area contributed by atoms with E-state index in [0.717, 1.165) is 0 Å². The molecule has 6 nitrogen and oxygen atoms in total. The molecule has 0 aliphatic rings. The number of nitrogens with zero attached hydrogens (tertiary/aromatic N) is 3. The van der Waals surface area contributed by atoms with Gasteiger partial charge in [0.25, 0.3) is 0 Å². The van der Waals surface area contributed by atoms with E-state index in [9.17, 15) is 4.79 Å². The second-order valence-electron chi connectivity index (χ2n) is 3.45. The highest BCUT2D eigenvalue weighted by Crippen LogP contribution is 2.25. The van der Waals surface area contributed by atoms with Crippen molar-refractivity contribution >= 4 is 5.97 Å². The molecule has 6 heteroatoms. The first kappa shape index (κ1) is 11.1. The number of ether oxygens (including phenoxy) is 1. The lowest BCUT2D eigenvalue weighted by atomic mass is 10.1. The van der Waals surface area contributed by atoms with E-state index in [2.05, 4.69) is 10.1 Å². The molecule has 0 saturated heterocycles. The molecule has 1 N–H and O–H groups in total. The molecule has 17 heavy (non-hydrogen) atoms. The van der Waals surface area contributed by atoms with Crippen LogP contribution in [0.4, 0.5) is 0 Å². The molecule has 0 atom stereocenters. The minimum atomic E-state index is -1.02. The number of hydrogen-bond acceptors (Lipinski definition) is 4. The molecule has 0 aliphatic carbocycles. The Labute approximate surface area is 97.5 Å². The first-order valence-electron chi connectivity index (χ1n) is 4.88. The van der Waals surface area contributed by atoms with E-state index in [-0.39, 0.29) is 5.56 Å². The lowest BCUT2D eigenvalue weighted by molar-refractivity contribution is 0.0697. The zero-order valence-corrected chi connectivity index (χ0v) is 9.41. The van der Waals surface area contributed by atoms with E-state index < -0.39 is 5.97 Å². The normalized spacial score (nSPS) is 10.2. The summed E-state index contributed by atoms with van der Waals surface area (Å²) in [6.45, 7) is 0. The molecule has 0 amide bonds. The fraction of sp³-hybridized carbons (Fsp3) is 0.182. The molecule has 0 spiro atoms. The second kappa shape index (κ2) is 4.25. The molecular weight excluding hydrogens is 222 g/mol. The molecule has 2 rings (SSSR count). The van der Waals surface area contributed by atoms with Crippen LogP contribution in [0.2, 0.25) is 0 Å². The van der Waals surface area contributed by atoms with Gasteiger partial charge >= 0.3 is 5.97 Å². The molecule has 0 unspecified atom stereocenters. The van der Waals surface area contributed by atoms with Crippen LogP contribution in [0.5, 0.6) is 5.75 Å². The molecule has 0 saturated carbocycles. The van der Waals surface area contributed by atoms with Crippen LogP contribution in [0.15, 0.2) is 24.7 Å². The topological polar surface area (TPSA) is 77.2 Å². The van der Waals surface area contributed by atoms with Gasteiger partial charge < -0.3 is 9.84 Å². The molecule has 88 valence electrons. The van der Waals surface area contributed by atoms with Gasteiger partial charge in [0, 0.05) is 18.8 Å². The zero-order valence-electron chi connectivity index (χ0n) is 9.41. The van der Waals surface area contributed by atoms with E-state index in [1.54, 1.807) is 25.5 Å². The predicted octanol–water partition coefficient (Wildman–Crippen LogP) is 1.19. The van der Waals surface area contributed by atoms with Gasteiger partial charge in [-0.05, 0) is 6.07 Å². The lowest BCUT2D eigenvalue weighted by Gasteiger charge is -2.05. The van der Waals surface area contributed by atoms with Gasteiger partial charge in [-0.1, -0.05) is 0 Å². The van der Waals surface area contributed by atoms with Gasteiger partial charge in [0.05, 0.1) is 25.2 Å². The zero-order chi connectivity index (χ0) is 12.4. The summed E-state index contributed by atoms with van der Waals surface area (Å²) in [5.41, 5.74) is 1.30. The molecule has 0 bridgehead atoms. The monoisotopic (exact) mass is 233 g/mol. The van der Waals surface area contributed by atoms with Crippen molar-refractivity contribution in [3.8, 4) is 17.0 Å². The van der Waals surface area contributed by atoms with Crippen molar-refractivity contribution in [1.82, 2.24) is 14.8 Å². The molecule has 0 radical (unpaired) electrons. The molecule has 0 fully saturated rings. The summed E-state index contributed by atoms with van der Waals surface area (Å²) in [6.07, 6.45) is 4.45. The Morgan fingerprint density at radius 2 is 2.18 bits per heavy atom. The standard InChI is InChI=1S/C11H11N3O3/c1-14-10(9(6-13-14)11(15)16)7-3-8(17-2)5-12-4-7/h3-6H,1-2H3,(H,15,16). The summed E-state index contributed by atoms with van der Waals surface area (Å²) in [5.74, 6) is -0.448. The third-order valence-electron chi connectivity index (χ3n) is 2.39. The number of carboxylic acids is 1. The fourth-order valence-electron chi connectivity index (χ4n) is 1.60. The van der Waals surface area contributed by atoms with E-state index in [0.29, 0.717) is 17.0 Å². The summed E-state index contributed by atoms with van der Waals surface area (Å²) in [7, 11) is 3.21. The van der Waals surface area contributed by atoms with Crippen molar-refractivity contribution in [2.45, 2.75) is 0 Å². The van der Waals surface area contributed by atoms with Crippen molar-refractivity contribution in [1.29, 1.82) is 0 Å². The molecular formula is C11H11N3O3. The van der Waals surface area contributed by atoms with Crippen molar-refractivity contribution in [2.75, 3.05) is 7.11 Å². The highest BCUT2D eigenvalue weighted by atomic mass is 16.5. The highest BCUT2D eigenvalue weighted by Gasteiger charge is 2.17. The quantitative estimate of drug-likeness (QED) is 0.861. The van der Waals surface area contributed by atoms with Gasteiger partial charge in [0.15, 0.2) is 0 Å². The van der Waals surface area contributed by atoms with E-state index in [1.165, 1.54) is 18.0 Å². The Morgan fingerprint density at radius 3 is 2.82 bits per heavy atom.